The predicted molar refractivity (Wildman–Crippen MR) is 145 cm³/mol. The highest BCUT2D eigenvalue weighted by Gasteiger charge is 2.17. The van der Waals surface area contributed by atoms with Crippen LogP contribution in [0.15, 0.2) is 97.8 Å². The molecule has 0 aliphatic heterocycles. The Kier molecular flexibility index (Phi) is 5.50. The first-order valence-electron chi connectivity index (χ1n) is 11.8. The van der Waals surface area contributed by atoms with Crippen LogP contribution in [0.3, 0.4) is 0 Å². The summed E-state index contributed by atoms with van der Waals surface area (Å²) in [6.07, 6.45) is 11.1. The van der Waals surface area contributed by atoms with Gasteiger partial charge in [0.15, 0.2) is 0 Å². The molecule has 2 aromatic carbocycles. The molecular weight excluding hydrogens is 446 g/mol. The van der Waals surface area contributed by atoms with Crippen LogP contribution in [0, 0.1) is 0 Å². The summed E-state index contributed by atoms with van der Waals surface area (Å²) in [5.74, 6) is 0.822. The highest BCUT2D eigenvalue weighted by atomic mass is 15.0. The van der Waals surface area contributed by atoms with Gasteiger partial charge in [0.25, 0.3) is 0 Å². The molecule has 0 spiro atoms. The second-order valence-electron chi connectivity index (χ2n) is 8.74. The molecule has 0 saturated heterocycles. The second kappa shape index (κ2) is 9.11. The first kappa shape index (κ1) is 21.7. The molecule has 7 nitrogen and oxygen atoms in total. The molecule has 6 aromatic rings. The minimum atomic E-state index is -0.144. The molecule has 0 saturated carbocycles. The van der Waals surface area contributed by atoms with Crippen LogP contribution in [0.4, 0.5) is 11.5 Å². The van der Waals surface area contributed by atoms with E-state index in [4.69, 9.17) is 0 Å². The van der Waals surface area contributed by atoms with Crippen LogP contribution >= 0.6 is 0 Å². The number of fused-ring (bicyclic) bond motifs is 2. The van der Waals surface area contributed by atoms with Crippen LogP contribution in [-0.4, -0.2) is 31.6 Å². The second-order valence-corrected chi connectivity index (χ2v) is 8.74. The molecule has 0 bridgehead atoms. The number of nitrogens with one attached hydrogen (secondary N) is 2. The fourth-order valence-electron chi connectivity index (χ4n) is 4.60. The van der Waals surface area contributed by atoms with Gasteiger partial charge in [-0.15, -0.1) is 0 Å². The molecule has 1 atom stereocenters. The molecule has 0 radical (unpaired) electrons. The zero-order valence-corrected chi connectivity index (χ0v) is 20.1. The molecule has 6 rings (SSSR count). The third kappa shape index (κ3) is 4.01. The Morgan fingerprint density at radius 1 is 0.833 bits per heavy atom. The van der Waals surface area contributed by atoms with Crippen molar-refractivity contribution in [2.45, 2.75) is 6.04 Å². The number of hydrogen-bond donors (Lipinski definition) is 2. The van der Waals surface area contributed by atoms with Gasteiger partial charge in [0.05, 0.1) is 17.1 Å². The topological polar surface area (TPSA) is 80.5 Å². The van der Waals surface area contributed by atoms with Crippen LogP contribution in [0.5, 0.6) is 0 Å². The molecule has 4 aromatic heterocycles. The third-order valence-electron chi connectivity index (χ3n) is 6.48. The van der Waals surface area contributed by atoms with Gasteiger partial charge in [-0.05, 0) is 58.5 Å². The molecule has 36 heavy (non-hydrogen) atoms. The normalized spacial score (nSPS) is 12.1. The van der Waals surface area contributed by atoms with Crippen molar-refractivity contribution >= 4 is 33.4 Å². The monoisotopic (exact) mass is 471 g/mol. The van der Waals surface area contributed by atoms with E-state index in [0.717, 1.165) is 44.8 Å². The largest absolute Gasteiger partial charge is 0.374 e. The lowest BCUT2D eigenvalue weighted by Gasteiger charge is -2.21. The fourth-order valence-corrected chi connectivity index (χ4v) is 4.60. The molecule has 2 N–H and O–H groups in total. The summed E-state index contributed by atoms with van der Waals surface area (Å²) in [4.78, 5) is 18.2. The van der Waals surface area contributed by atoms with Crippen molar-refractivity contribution in [3.8, 4) is 11.1 Å². The summed E-state index contributed by atoms with van der Waals surface area (Å²) in [5.41, 5.74) is 8.02. The molecule has 176 valence electrons. The van der Waals surface area contributed by atoms with Gasteiger partial charge in [-0.1, -0.05) is 24.3 Å². The first-order chi connectivity index (χ1) is 17.7. The number of benzene rings is 2. The molecule has 0 fully saturated rings. The van der Waals surface area contributed by atoms with Crippen molar-refractivity contribution in [3.05, 3.63) is 109 Å². The SMILES string of the molecule is CNc1ccc(C(Nc2cc(-c3ccc4ccn(C)c4c3)c3nccnc3c2)c2cccnc2)cn1. The van der Waals surface area contributed by atoms with E-state index in [-0.39, 0.29) is 6.04 Å². The minimum absolute atomic E-state index is 0.144. The third-order valence-corrected chi connectivity index (χ3v) is 6.48. The van der Waals surface area contributed by atoms with Gasteiger partial charge in [-0.2, -0.15) is 0 Å². The maximum absolute atomic E-state index is 4.68. The van der Waals surface area contributed by atoms with Gasteiger partial charge in [0, 0.05) is 68.0 Å². The fraction of sp³-hybridized carbons (Fsp3) is 0.103. The Balaban J connectivity index is 1.48. The lowest BCUT2D eigenvalue weighted by molar-refractivity contribution is 0.918. The summed E-state index contributed by atoms with van der Waals surface area (Å²) in [7, 11) is 3.93. The first-order valence-corrected chi connectivity index (χ1v) is 11.8. The van der Waals surface area contributed by atoms with Crippen LogP contribution in [-0.2, 0) is 7.05 Å². The van der Waals surface area contributed by atoms with Crippen LogP contribution < -0.4 is 10.6 Å². The molecule has 0 aliphatic rings. The molecular formula is C29H25N7. The summed E-state index contributed by atoms with van der Waals surface area (Å²) in [5, 5.41) is 8.01. The maximum Gasteiger partial charge on any atom is 0.125 e. The summed E-state index contributed by atoms with van der Waals surface area (Å²) in [6, 6.07) is 20.8. The summed E-state index contributed by atoms with van der Waals surface area (Å²) >= 11 is 0. The number of pyridine rings is 2. The number of nitrogens with zero attached hydrogens (tertiary/aromatic N) is 5. The van der Waals surface area contributed by atoms with E-state index < -0.39 is 0 Å². The van der Waals surface area contributed by atoms with Crippen molar-refractivity contribution < 1.29 is 0 Å². The Bertz CT molecular complexity index is 1660. The number of hydrogen-bond acceptors (Lipinski definition) is 6. The smallest absolute Gasteiger partial charge is 0.125 e. The lowest BCUT2D eigenvalue weighted by atomic mass is 9.99. The Hall–Kier alpha value is -4.78. The van der Waals surface area contributed by atoms with Crippen LogP contribution in [0.1, 0.15) is 17.2 Å². The zero-order valence-electron chi connectivity index (χ0n) is 20.1. The Morgan fingerprint density at radius 3 is 2.53 bits per heavy atom. The van der Waals surface area contributed by atoms with Crippen molar-refractivity contribution in [3.63, 3.8) is 0 Å². The summed E-state index contributed by atoms with van der Waals surface area (Å²) in [6.45, 7) is 0. The van der Waals surface area contributed by atoms with E-state index in [2.05, 4.69) is 90.8 Å². The predicted octanol–water partition coefficient (Wildman–Crippen LogP) is 5.82. The van der Waals surface area contributed by atoms with Gasteiger partial charge >= 0.3 is 0 Å². The van der Waals surface area contributed by atoms with E-state index in [0.29, 0.717) is 0 Å². The van der Waals surface area contributed by atoms with E-state index in [1.807, 2.05) is 37.6 Å². The van der Waals surface area contributed by atoms with Gasteiger partial charge in [0.2, 0.25) is 0 Å². The van der Waals surface area contributed by atoms with Crippen molar-refractivity contribution in [1.29, 1.82) is 0 Å². The zero-order chi connectivity index (χ0) is 24.5. The van der Waals surface area contributed by atoms with Gasteiger partial charge in [-0.25, -0.2) is 4.98 Å². The molecule has 4 heterocycles. The average molecular weight is 472 g/mol. The van der Waals surface area contributed by atoms with E-state index in [1.54, 1.807) is 18.6 Å². The molecule has 7 heteroatoms. The highest BCUT2D eigenvalue weighted by Crippen LogP contribution is 2.34. The van der Waals surface area contributed by atoms with Crippen molar-refractivity contribution in [2.75, 3.05) is 17.7 Å². The number of rotatable bonds is 6. The highest BCUT2D eigenvalue weighted by molar-refractivity contribution is 5.97. The van der Waals surface area contributed by atoms with E-state index >= 15 is 0 Å². The van der Waals surface area contributed by atoms with Crippen LogP contribution in [0.2, 0.25) is 0 Å². The Labute approximate surface area is 208 Å². The maximum atomic E-state index is 4.68. The van der Waals surface area contributed by atoms with Crippen molar-refractivity contribution in [2.24, 2.45) is 7.05 Å². The van der Waals surface area contributed by atoms with Gasteiger partial charge in [0.1, 0.15) is 5.82 Å². The average Bonchev–Trinajstić information content (AvgIpc) is 3.31. The van der Waals surface area contributed by atoms with Gasteiger partial charge < -0.3 is 15.2 Å². The molecule has 0 amide bonds. The number of aromatic nitrogens is 5. The number of anilines is 2. The molecule has 1 unspecified atom stereocenters. The van der Waals surface area contributed by atoms with E-state index in [1.165, 1.54) is 10.9 Å². The minimum Gasteiger partial charge on any atom is -0.374 e. The van der Waals surface area contributed by atoms with Crippen molar-refractivity contribution in [1.82, 2.24) is 24.5 Å². The lowest BCUT2D eigenvalue weighted by Crippen LogP contribution is -2.13. The quantitative estimate of drug-likeness (QED) is 0.319. The van der Waals surface area contributed by atoms with E-state index in [9.17, 15) is 0 Å². The summed E-state index contributed by atoms with van der Waals surface area (Å²) < 4.78 is 2.13. The standard InChI is InChI=1S/C29H25N7/c1-30-27-8-7-22(18-34-27)28(21-4-3-10-31-17-21)35-23-15-24(29-25(16-23)32-11-12-33-29)20-6-5-19-9-13-36(2)26(19)14-20/h3-18,28,35H,1-2H3,(H,30,34). The Morgan fingerprint density at radius 2 is 1.72 bits per heavy atom. The van der Waals surface area contributed by atoms with Gasteiger partial charge in [-0.3, -0.25) is 15.0 Å². The van der Waals surface area contributed by atoms with Crippen LogP contribution in [0.25, 0.3) is 33.1 Å². The molecule has 0 aliphatic carbocycles. The number of aryl methyl sites for hydroxylation is 1.